The lowest BCUT2D eigenvalue weighted by molar-refractivity contribution is -0.136. The van der Waals surface area contributed by atoms with Gasteiger partial charge in [-0.3, -0.25) is 9.78 Å². The van der Waals surface area contributed by atoms with E-state index >= 15 is 0 Å². The van der Waals surface area contributed by atoms with E-state index in [1.807, 2.05) is 18.3 Å². The van der Waals surface area contributed by atoms with Crippen molar-refractivity contribution in [3.63, 3.8) is 0 Å². The summed E-state index contributed by atoms with van der Waals surface area (Å²) in [6.45, 7) is 0. The van der Waals surface area contributed by atoms with E-state index in [4.69, 9.17) is 5.11 Å². The van der Waals surface area contributed by atoms with Gasteiger partial charge in [0.15, 0.2) is 0 Å². The summed E-state index contributed by atoms with van der Waals surface area (Å²) in [5.41, 5.74) is 2.78. The van der Waals surface area contributed by atoms with Crippen molar-refractivity contribution >= 4 is 17.0 Å². The highest BCUT2D eigenvalue weighted by Crippen LogP contribution is 2.16. The van der Waals surface area contributed by atoms with Crippen LogP contribution in [0.2, 0.25) is 0 Å². The molecule has 0 aromatic carbocycles. The van der Waals surface area contributed by atoms with Gasteiger partial charge in [-0.15, -0.1) is 0 Å². The first-order valence-corrected chi connectivity index (χ1v) is 4.40. The summed E-state index contributed by atoms with van der Waals surface area (Å²) in [5.74, 6) is -0.782. The van der Waals surface area contributed by atoms with Crippen LogP contribution in [0.15, 0.2) is 24.5 Å². The fourth-order valence-corrected chi connectivity index (χ4v) is 1.44. The summed E-state index contributed by atoms with van der Waals surface area (Å²) in [4.78, 5) is 17.7. The first kappa shape index (κ1) is 8.74. The fourth-order valence-electron chi connectivity index (χ4n) is 1.44. The molecule has 0 radical (unpaired) electrons. The van der Waals surface area contributed by atoms with Crippen molar-refractivity contribution in [3.8, 4) is 0 Å². The number of nitrogens with zero attached hydrogens (tertiary/aromatic N) is 1. The van der Waals surface area contributed by atoms with E-state index in [1.165, 1.54) is 0 Å². The van der Waals surface area contributed by atoms with Crippen LogP contribution in [0, 0.1) is 0 Å². The van der Waals surface area contributed by atoms with Gasteiger partial charge in [0.05, 0.1) is 11.0 Å². The predicted octanol–water partition coefficient (Wildman–Crippen LogP) is 1.58. The van der Waals surface area contributed by atoms with Gasteiger partial charge < -0.3 is 10.1 Å². The number of fused-ring (bicyclic) bond motifs is 1. The van der Waals surface area contributed by atoms with Gasteiger partial charge in [-0.2, -0.15) is 0 Å². The maximum atomic E-state index is 10.4. The zero-order valence-corrected chi connectivity index (χ0v) is 7.53. The first-order valence-electron chi connectivity index (χ1n) is 4.40. The van der Waals surface area contributed by atoms with Gasteiger partial charge in [-0.05, 0) is 24.1 Å². The smallest absolute Gasteiger partial charge is 0.303 e. The van der Waals surface area contributed by atoms with Crippen molar-refractivity contribution in [2.24, 2.45) is 0 Å². The fraction of sp³-hybridized carbons (Fsp3) is 0.200. The quantitative estimate of drug-likeness (QED) is 0.772. The molecule has 2 rings (SSSR count). The van der Waals surface area contributed by atoms with Crippen molar-refractivity contribution in [3.05, 3.63) is 30.1 Å². The molecule has 72 valence electrons. The molecule has 0 saturated carbocycles. The second kappa shape index (κ2) is 3.49. The average Bonchev–Trinajstić information content (AvgIpc) is 2.58. The van der Waals surface area contributed by atoms with Crippen LogP contribution in [-0.4, -0.2) is 21.0 Å². The third kappa shape index (κ3) is 1.59. The van der Waals surface area contributed by atoms with Crippen LogP contribution in [0.3, 0.4) is 0 Å². The molecule has 4 nitrogen and oxygen atoms in total. The van der Waals surface area contributed by atoms with Gasteiger partial charge in [0.25, 0.3) is 0 Å². The third-order valence-electron chi connectivity index (χ3n) is 2.12. The topological polar surface area (TPSA) is 66.0 Å². The Bertz CT molecular complexity index is 462. The maximum absolute atomic E-state index is 10.4. The van der Waals surface area contributed by atoms with E-state index in [0.717, 1.165) is 16.6 Å². The van der Waals surface area contributed by atoms with Crippen molar-refractivity contribution in [2.75, 3.05) is 0 Å². The van der Waals surface area contributed by atoms with E-state index < -0.39 is 5.97 Å². The minimum absolute atomic E-state index is 0.142. The van der Waals surface area contributed by atoms with E-state index in [2.05, 4.69) is 9.97 Å². The molecule has 2 heterocycles. The highest BCUT2D eigenvalue weighted by molar-refractivity contribution is 5.79. The van der Waals surface area contributed by atoms with Crippen LogP contribution in [0.5, 0.6) is 0 Å². The van der Waals surface area contributed by atoms with Crippen LogP contribution >= 0.6 is 0 Å². The Morgan fingerprint density at radius 2 is 2.43 bits per heavy atom. The summed E-state index contributed by atoms with van der Waals surface area (Å²) in [6.07, 6.45) is 4.19. The molecule has 0 aliphatic carbocycles. The van der Waals surface area contributed by atoms with Crippen LogP contribution in [-0.2, 0) is 11.2 Å². The summed E-state index contributed by atoms with van der Waals surface area (Å²) in [6, 6.07) is 3.77. The van der Waals surface area contributed by atoms with E-state index in [0.29, 0.717) is 6.42 Å². The molecule has 0 bridgehead atoms. The van der Waals surface area contributed by atoms with Crippen LogP contribution in [0.4, 0.5) is 0 Å². The summed E-state index contributed by atoms with van der Waals surface area (Å²) in [7, 11) is 0. The number of aromatic amines is 1. The molecule has 0 saturated heterocycles. The van der Waals surface area contributed by atoms with Gasteiger partial charge >= 0.3 is 5.97 Å². The SMILES string of the molecule is O=C(O)CCc1c[nH]c2cccnc12. The zero-order chi connectivity index (χ0) is 9.97. The molecule has 4 heteroatoms. The van der Waals surface area contributed by atoms with E-state index in [9.17, 15) is 4.79 Å². The normalized spacial score (nSPS) is 10.6. The second-order valence-electron chi connectivity index (χ2n) is 3.11. The first-order chi connectivity index (χ1) is 6.77. The molecule has 14 heavy (non-hydrogen) atoms. The van der Waals surface area contributed by atoms with Crippen molar-refractivity contribution in [2.45, 2.75) is 12.8 Å². The van der Waals surface area contributed by atoms with Gasteiger partial charge in [-0.25, -0.2) is 0 Å². The summed E-state index contributed by atoms with van der Waals surface area (Å²) in [5, 5.41) is 8.55. The highest BCUT2D eigenvalue weighted by Gasteiger charge is 2.05. The van der Waals surface area contributed by atoms with Crippen molar-refractivity contribution < 1.29 is 9.90 Å². The predicted molar refractivity (Wildman–Crippen MR) is 52.1 cm³/mol. The largest absolute Gasteiger partial charge is 0.481 e. The Morgan fingerprint density at radius 3 is 3.21 bits per heavy atom. The lowest BCUT2D eigenvalue weighted by Crippen LogP contribution is -1.96. The maximum Gasteiger partial charge on any atom is 0.303 e. The lowest BCUT2D eigenvalue weighted by Gasteiger charge is -1.94. The Labute approximate surface area is 80.6 Å². The molecule has 2 aromatic heterocycles. The molecule has 0 aliphatic heterocycles. The Balaban J connectivity index is 2.29. The molecule has 0 spiro atoms. The molecule has 0 amide bonds. The Hall–Kier alpha value is -1.84. The molecule has 0 aliphatic rings. The molecule has 0 fully saturated rings. The van der Waals surface area contributed by atoms with E-state index in [1.54, 1.807) is 6.20 Å². The highest BCUT2D eigenvalue weighted by atomic mass is 16.4. The number of nitrogens with one attached hydrogen (secondary N) is 1. The molecule has 2 aromatic rings. The molecular formula is C10H10N2O2. The molecule has 0 atom stereocenters. The minimum atomic E-state index is -0.782. The van der Waals surface area contributed by atoms with Crippen molar-refractivity contribution in [1.29, 1.82) is 0 Å². The van der Waals surface area contributed by atoms with Crippen LogP contribution in [0.25, 0.3) is 11.0 Å². The third-order valence-corrected chi connectivity index (χ3v) is 2.12. The average molecular weight is 190 g/mol. The monoisotopic (exact) mass is 190 g/mol. The number of aliphatic carboxylic acids is 1. The number of carboxylic acid groups (broad SMARTS) is 1. The van der Waals surface area contributed by atoms with Crippen LogP contribution in [0.1, 0.15) is 12.0 Å². The molecular weight excluding hydrogens is 180 g/mol. The summed E-state index contributed by atoms with van der Waals surface area (Å²) < 4.78 is 0. The second-order valence-corrected chi connectivity index (χ2v) is 3.11. The Kier molecular flexibility index (Phi) is 2.18. The number of pyridine rings is 1. The van der Waals surface area contributed by atoms with Crippen LogP contribution < -0.4 is 0 Å². The lowest BCUT2D eigenvalue weighted by atomic mass is 10.1. The van der Waals surface area contributed by atoms with Gasteiger partial charge in [0.1, 0.15) is 0 Å². The number of rotatable bonds is 3. The number of carbonyl (C=O) groups is 1. The minimum Gasteiger partial charge on any atom is -0.481 e. The number of aryl methyl sites for hydroxylation is 1. The number of hydrogen-bond donors (Lipinski definition) is 2. The molecule has 2 N–H and O–H groups in total. The summed E-state index contributed by atoms with van der Waals surface area (Å²) >= 11 is 0. The number of H-pyrrole nitrogens is 1. The van der Waals surface area contributed by atoms with Crippen molar-refractivity contribution in [1.82, 2.24) is 9.97 Å². The van der Waals surface area contributed by atoms with E-state index in [-0.39, 0.29) is 6.42 Å². The van der Waals surface area contributed by atoms with Gasteiger partial charge in [0.2, 0.25) is 0 Å². The number of carboxylic acids is 1. The Morgan fingerprint density at radius 1 is 1.57 bits per heavy atom. The number of aromatic nitrogens is 2. The standard InChI is InChI=1S/C10H10N2O2/c13-9(14)4-3-7-6-12-8-2-1-5-11-10(7)8/h1-2,5-6,12H,3-4H2,(H,13,14). The number of hydrogen-bond acceptors (Lipinski definition) is 2. The zero-order valence-electron chi connectivity index (χ0n) is 7.53. The van der Waals surface area contributed by atoms with Gasteiger partial charge in [0, 0.05) is 18.8 Å². The van der Waals surface area contributed by atoms with Gasteiger partial charge in [-0.1, -0.05) is 0 Å². The molecule has 0 unspecified atom stereocenters.